The van der Waals surface area contributed by atoms with E-state index in [9.17, 15) is 4.79 Å². The first-order chi connectivity index (χ1) is 10.5. The molecule has 5 nitrogen and oxygen atoms in total. The molecule has 0 radical (unpaired) electrons. The second-order valence-electron chi connectivity index (χ2n) is 5.24. The maximum Gasteiger partial charge on any atom is 0.315 e. The number of nitrogens with one attached hydrogen (secondary N) is 2. The molecule has 0 saturated heterocycles. The smallest absolute Gasteiger partial charge is 0.315 e. The minimum Gasteiger partial charge on any atom is -0.491 e. The molecule has 2 atom stereocenters. The number of hydrogen-bond acceptors (Lipinski definition) is 4. The van der Waals surface area contributed by atoms with E-state index in [2.05, 4.69) is 15.6 Å². The van der Waals surface area contributed by atoms with Gasteiger partial charge in [0.05, 0.1) is 12.1 Å². The van der Waals surface area contributed by atoms with Crippen LogP contribution < -0.4 is 15.4 Å². The van der Waals surface area contributed by atoms with Crippen molar-refractivity contribution in [3.8, 4) is 5.75 Å². The molecular weight excluding hydrogens is 298 g/mol. The summed E-state index contributed by atoms with van der Waals surface area (Å²) in [4.78, 5) is 16.1. The fourth-order valence-corrected chi connectivity index (χ4v) is 2.59. The Labute approximate surface area is 134 Å². The summed E-state index contributed by atoms with van der Waals surface area (Å²) in [5.74, 6) is 0.810. The summed E-state index contributed by atoms with van der Waals surface area (Å²) in [5, 5.41) is 8.50. The SMILES string of the molecule is Cc1cccc(OC[C@H](C)NC(=O)N[C@@H](C)c2nccs2)c1. The Morgan fingerprint density at radius 1 is 1.36 bits per heavy atom. The Hall–Kier alpha value is -2.08. The van der Waals surface area contributed by atoms with Gasteiger partial charge in [0.2, 0.25) is 0 Å². The molecule has 22 heavy (non-hydrogen) atoms. The van der Waals surface area contributed by atoms with E-state index in [1.807, 2.05) is 50.4 Å². The van der Waals surface area contributed by atoms with Crippen molar-refractivity contribution in [2.24, 2.45) is 0 Å². The number of rotatable bonds is 6. The van der Waals surface area contributed by atoms with Gasteiger partial charge in [0, 0.05) is 11.6 Å². The van der Waals surface area contributed by atoms with Gasteiger partial charge < -0.3 is 15.4 Å². The fraction of sp³-hybridized carbons (Fsp3) is 0.375. The van der Waals surface area contributed by atoms with Gasteiger partial charge in [-0.3, -0.25) is 0 Å². The van der Waals surface area contributed by atoms with Gasteiger partial charge in [-0.1, -0.05) is 12.1 Å². The van der Waals surface area contributed by atoms with Crippen LogP contribution in [-0.2, 0) is 0 Å². The summed E-state index contributed by atoms with van der Waals surface area (Å²) in [5.41, 5.74) is 1.15. The monoisotopic (exact) mass is 319 g/mol. The molecule has 2 amide bonds. The van der Waals surface area contributed by atoms with Crippen molar-refractivity contribution in [1.29, 1.82) is 0 Å². The Balaban J connectivity index is 1.74. The number of thiazole rings is 1. The Morgan fingerprint density at radius 2 is 2.18 bits per heavy atom. The molecule has 2 N–H and O–H groups in total. The number of nitrogens with zero attached hydrogens (tertiary/aromatic N) is 1. The first-order valence-corrected chi connectivity index (χ1v) is 8.08. The molecule has 1 aromatic carbocycles. The zero-order chi connectivity index (χ0) is 15.9. The number of benzene rings is 1. The van der Waals surface area contributed by atoms with Crippen LogP contribution in [0.1, 0.15) is 30.5 Å². The number of carbonyl (C=O) groups excluding carboxylic acids is 1. The van der Waals surface area contributed by atoms with Crippen molar-refractivity contribution in [3.05, 3.63) is 46.4 Å². The molecule has 0 saturated carbocycles. The van der Waals surface area contributed by atoms with Gasteiger partial charge in [-0.25, -0.2) is 9.78 Å². The minimum atomic E-state index is -0.219. The third-order valence-electron chi connectivity index (χ3n) is 3.04. The molecule has 0 aliphatic rings. The maximum absolute atomic E-state index is 11.9. The van der Waals surface area contributed by atoms with Gasteiger partial charge in [0.25, 0.3) is 0 Å². The van der Waals surface area contributed by atoms with Crippen LogP contribution in [0.3, 0.4) is 0 Å². The lowest BCUT2D eigenvalue weighted by molar-refractivity contribution is 0.224. The van der Waals surface area contributed by atoms with E-state index in [1.165, 1.54) is 11.3 Å². The molecule has 0 unspecified atom stereocenters. The van der Waals surface area contributed by atoms with Crippen LogP contribution >= 0.6 is 11.3 Å². The van der Waals surface area contributed by atoms with Crippen LogP contribution in [0, 0.1) is 6.92 Å². The summed E-state index contributed by atoms with van der Waals surface area (Å²) in [6, 6.07) is 7.42. The number of aryl methyl sites for hydroxylation is 1. The molecule has 1 aromatic heterocycles. The molecule has 2 rings (SSSR count). The normalized spacial score (nSPS) is 13.2. The molecule has 0 bridgehead atoms. The summed E-state index contributed by atoms with van der Waals surface area (Å²) in [6.07, 6.45) is 1.73. The third-order valence-corrected chi connectivity index (χ3v) is 3.99. The van der Waals surface area contributed by atoms with Crippen molar-refractivity contribution < 1.29 is 9.53 Å². The molecular formula is C16H21N3O2S. The lowest BCUT2D eigenvalue weighted by Crippen LogP contribution is -2.44. The molecule has 0 aliphatic heterocycles. The average molecular weight is 319 g/mol. The topological polar surface area (TPSA) is 63.2 Å². The van der Waals surface area contributed by atoms with Crippen LogP contribution in [0.5, 0.6) is 5.75 Å². The molecule has 118 valence electrons. The summed E-state index contributed by atoms with van der Waals surface area (Å²) >= 11 is 1.52. The maximum atomic E-state index is 11.9. The van der Waals surface area contributed by atoms with Crippen molar-refractivity contribution in [2.75, 3.05) is 6.61 Å². The minimum absolute atomic E-state index is 0.0935. The fourth-order valence-electron chi connectivity index (χ4n) is 1.94. The Kier molecular flexibility index (Phi) is 5.77. The van der Waals surface area contributed by atoms with Crippen LogP contribution in [0.25, 0.3) is 0 Å². The molecule has 0 spiro atoms. The molecule has 2 aromatic rings. The van der Waals surface area contributed by atoms with Gasteiger partial charge in [-0.2, -0.15) is 0 Å². The lowest BCUT2D eigenvalue weighted by atomic mass is 10.2. The molecule has 0 fully saturated rings. The van der Waals surface area contributed by atoms with Crippen molar-refractivity contribution in [2.45, 2.75) is 32.9 Å². The summed E-state index contributed by atoms with van der Waals surface area (Å²) in [6.45, 7) is 6.25. The molecule has 1 heterocycles. The third kappa shape index (κ3) is 5.04. The average Bonchev–Trinajstić information content (AvgIpc) is 2.99. The second kappa shape index (κ2) is 7.79. The van der Waals surface area contributed by atoms with E-state index in [0.29, 0.717) is 6.61 Å². The Bertz CT molecular complexity index is 601. The number of aromatic nitrogens is 1. The van der Waals surface area contributed by atoms with Crippen molar-refractivity contribution >= 4 is 17.4 Å². The van der Waals surface area contributed by atoms with E-state index in [4.69, 9.17) is 4.74 Å². The van der Waals surface area contributed by atoms with Gasteiger partial charge in [-0.05, 0) is 38.5 Å². The van der Waals surface area contributed by atoms with E-state index in [-0.39, 0.29) is 18.1 Å². The number of carbonyl (C=O) groups is 1. The van der Waals surface area contributed by atoms with Gasteiger partial charge in [-0.15, -0.1) is 11.3 Å². The standard InChI is InChI=1S/C16H21N3O2S/c1-11-5-4-6-14(9-11)21-10-12(2)18-16(20)19-13(3)15-17-7-8-22-15/h4-9,12-13H,10H2,1-3H3,(H2,18,19,20)/t12-,13-/m0/s1. The van der Waals surface area contributed by atoms with Crippen LogP contribution in [-0.4, -0.2) is 23.7 Å². The van der Waals surface area contributed by atoms with E-state index >= 15 is 0 Å². The zero-order valence-electron chi connectivity index (χ0n) is 13.0. The highest BCUT2D eigenvalue weighted by atomic mass is 32.1. The van der Waals surface area contributed by atoms with E-state index in [1.54, 1.807) is 6.20 Å². The van der Waals surface area contributed by atoms with Crippen LogP contribution in [0.4, 0.5) is 4.79 Å². The van der Waals surface area contributed by atoms with Gasteiger partial charge >= 0.3 is 6.03 Å². The number of amides is 2. The van der Waals surface area contributed by atoms with Crippen LogP contribution in [0.2, 0.25) is 0 Å². The van der Waals surface area contributed by atoms with E-state index in [0.717, 1.165) is 16.3 Å². The van der Waals surface area contributed by atoms with Crippen LogP contribution in [0.15, 0.2) is 35.8 Å². The Morgan fingerprint density at radius 3 is 2.86 bits per heavy atom. The van der Waals surface area contributed by atoms with Gasteiger partial charge in [0.1, 0.15) is 17.4 Å². The highest BCUT2D eigenvalue weighted by Crippen LogP contribution is 2.14. The number of hydrogen-bond donors (Lipinski definition) is 2. The van der Waals surface area contributed by atoms with Crippen molar-refractivity contribution in [3.63, 3.8) is 0 Å². The number of urea groups is 1. The van der Waals surface area contributed by atoms with E-state index < -0.39 is 0 Å². The number of ether oxygens (including phenoxy) is 1. The molecule has 6 heteroatoms. The highest BCUT2D eigenvalue weighted by molar-refractivity contribution is 7.09. The highest BCUT2D eigenvalue weighted by Gasteiger charge is 2.13. The predicted molar refractivity (Wildman–Crippen MR) is 88.3 cm³/mol. The van der Waals surface area contributed by atoms with Crippen molar-refractivity contribution in [1.82, 2.24) is 15.6 Å². The lowest BCUT2D eigenvalue weighted by Gasteiger charge is -2.17. The summed E-state index contributed by atoms with van der Waals surface area (Å²) < 4.78 is 5.67. The first-order valence-electron chi connectivity index (χ1n) is 7.20. The first kappa shape index (κ1) is 16.3. The van der Waals surface area contributed by atoms with Gasteiger partial charge in [0.15, 0.2) is 0 Å². The predicted octanol–water partition coefficient (Wildman–Crippen LogP) is 3.28. The zero-order valence-corrected chi connectivity index (χ0v) is 13.8. The quantitative estimate of drug-likeness (QED) is 0.859. The second-order valence-corrected chi connectivity index (χ2v) is 6.16. The largest absolute Gasteiger partial charge is 0.491 e. The molecule has 0 aliphatic carbocycles. The summed E-state index contributed by atoms with van der Waals surface area (Å²) in [7, 11) is 0.